The fraction of sp³-hybridized carbons (Fsp3) is 0.615. The first-order chi connectivity index (χ1) is 10.2. The van der Waals surface area contributed by atoms with Gasteiger partial charge in [-0.2, -0.15) is 0 Å². The number of nitrogens with zero attached hydrogens (tertiary/aromatic N) is 3. The number of aromatic nitrogens is 4. The molecule has 21 heavy (non-hydrogen) atoms. The molecule has 0 saturated carbocycles. The fourth-order valence-corrected chi connectivity index (χ4v) is 2.48. The molecule has 0 aromatic carbocycles. The SMILES string of the molecule is Cn1c(=O)[nH]c(=O)c2c1ncn2CCOC1CCCCO1. The van der Waals surface area contributed by atoms with Gasteiger partial charge in [-0.25, -0.2) is 9.78 Å². The van der Waals surface area contributed by atoms with E-state index in [1.54, 1.807) is 17.9 Å². The van der Waals surface area contributed by atoms with Gasteiger partial charge in [-0.05, 0) is 19.3 Å². The number of hydrogen-bond acceptors (Lipinski definition) is 5. The van der Waals surface area contributed by atoms with E-state index >= 15 is 0 Å². The summed E-state index contributed by atoms with van der Waals surface area (Å²) in [5.41, 5.74) is -0.146. The predicted octanol–water partition coefficient (Wildman–Crippen LogP) is -0.0335. The molecule has 114 valence electrons. The molecule has 1 saturated heterocycles. The van der Waals surface area contributed by atoms with Crippen LogP contribution < -0.4 is 11.2 Å². The lowest BCUT2D eigenvalue weighted by atomic mass is 10.2. The molecule has 1 aliphatic rings. The summed E-state index contributed by atoms with van der Waals surface area (Å²) in [5.74, 6) is 0. The van der Waals surface area contributed by atoms with Crippen molar-refractivity contribution < 1.29 is 9.47 Å². The maximum atomic E-state index is 11.9. The largest absolute Gasteiger partial charge is 0.353 e. The Morgan fingerprint density at radius 3 is 3.10 bits per heavy atom. The number of ether oxygens (including phenoxy) is 2. The summed E-state index contributed by atoms with van der Waals surface area (Å²) in [6.45, 7) is 1.65. The second kappa shape index (κ2) is 5.82. The summed E-state index contributed by atoms with van der Waals surface area (Å²) >= 11 is 0. The quantitative estimate of drug-likeness (QED) is 0.855. The van der Waals surface area contributed by atoms with Gasteiger partial charge in [0.05, 0.1) is 12.9 Å². The molecule has 1 fully saturated rings. The van der Waals surface area contributed by atoms with Crippen molar-refractivity contribution >= 4 is 11.2 Å². The molecule has 0 spiro atoms. The smallest absolute Gasteiger partial charge is 0.329 e. The highest BCUT2D eigenvalue weighted by molar-refractivity contribution is 5.69. The highest BCUT2D eigenvalue weighted by Gasteiger charge is 2.15. The van der Waals surface area contributed by atoms with Crippen LogP contribution >= 0.6 is 0 Å². The van der Waals surface area contributed by atoms with Gasteiger partial charge in [-0.3, -0.25) is 14.3 Å². The van der Waals surface area contributed by atoms with Crippen molar-refractivity contribution in [3.8, 4) is 0 Å². The normalized spacial score (nSPS) is 19.2. The average molecular weight is 294 g/mol. The summed E-state index contributed by atoms with van der Waals surface area (Å²) in [6.07, 6.45) is 4.48. The number of imidazole rings is 1. The summed E-state index contributed by atoms with van der Waals surface area (Å²) < 4.78 is 14.1. The van der Waals surface area contributed by atoms with Crippen LogP contribution in [0.25, 0.3) is 11.2 Å². The molecule has 2 aromatic rings. The van der Waals surface area contributed by atoms with Gasteiger partial charge in [0.25, 0.3) is 5.56 Å². The molecule has 3 heterocycles. The highest BCUT2D eigenvalue weighted by atomic mass is 16.7. The lowest BCUT2D eigenvalue weighted by molar-refractivity contribution is -0.163. The molecule has 0 amide bonds. The highest BCUT2D eigenvalue weighted by Crippen LogP contribution is 2.13. The van der Waals surface area contributed by atoms with Crippen LogP contribution in [0.3, 0.4) is 0 Å². The van der Waals surface area contributed by atoms with Gasteiger partial charge in [-0.1, -0.05) is 0 Å². The molecule has 1 N–H and O–H groups in total. The van der Waals surface area contributed by atoms with Crippen LogP contribution in [0.15, 0.2) is 15.9 Å². The van der Waals surface area contributed by atoms with Crippen LogP contribution in [0.1, 0.15) is 19.3 Å². The summed E-state index contributed by atoms with van der Waals surface area (Å²) in [6, 6.07) is 0. The number of aromatic amines is 1. The Morgan fingerprint density at radius 2 is 2.33 bits per heavy atom. The number of aryl methyl sites for hydroxylation is 1. The predicted molar refractivity (Wildman–Crippen MR) is 75.1 cm³/mol. The van der Waals surface area contributed by atoms with E-state index in [-0.39, 0.29) is 6.29 Å². The van der Waals surface area contributed by atoms with Crippen LogP contribution in [0.4, 0.5) is 0 Å². The second-order valence-corrected chi connectivity index (χ2v) is 5.10. The van der Waals surface area contributed by atoms with Crippen LogP contribution in [-0.2, 0) is 23.1 Å². The molecule has 1 aliphatic heterocycles. The summed E-state index contributed by atoms with van der Waals surface area (Å²) in [4.78, 5) is 29.8. The van der Waals surface area contributed by atoms with Gasteiger partial charge in [0.2, 0.25) is 0 Å². The first-order valence-corrected chi connectivity index (χ1v) is 7.04. The number of H-pyrrole nitrogens is 1. The maximum absolute atomic E-state index is 11.9. The monoisotopic (exact) mass is 294 g/mol. The Kier molecular flexibility index (Phi) is 3.89. The lowest BCUT2D eigenvalue weighted by Gasteiger charge is -2.22. The van der Waals surface area contributed by atoms with E-state index in [9.17, 15) is 9.59 Å². The first kappa shape index (κ1) is 14.0. The summed E-state index contributed by atoms with van der Waals surface area (Å²) in [7, 11) is 1.57. The Balaban J connectivity index is 1.74. The zero-order chi connectivity index (χ0) is 14.8. The van der Waals surface area contributed by atoms with Gasteiger partial charge in [0, 0.05) is 20.2 Å². The van der Waals surface area contributed by atoms with Gasteiger partial charge in [-0.15, -0.1) is 0 Å². The zero-order valence-electron chi connectivity index (χ0n) is 11.9. The van der Waals surface area contributed by atoms with E-state index in [0.717, 1.165) is 25.9 Å². The molecular formula is C13H18N4O4. The van der Waals surface area contributed by atoms with E-state index in [0.29, 0.717) is 24.3 Å². The van der Waals surface area contributed by atoms with Gasteiger partial charge in [0.1, 0.15) is 0 Å². The fourth-order valence-electron chi connectivity index (χ4n) is 2.48. The molecule has 2 aromatic heterocycles. The van der Waals surface area contributed by atoms with E-state index in [1.165, 1.54) is 4.57 Å². The third-order valence-electron chi connectivity index (χ3n) is 3.65. The zero-order valence-corrected chi connectivity index (χ0v) is 11.9. The van der Waals surface area contributed by atoms with Crippen molar-refractivity contribution in [1.82, 2.24) is 19.1 Å². The van der Waals surface area contributed by atoms with E-state index in [4.69, 9.17) is 9.47 Å². The third-order valence-corrected chi connectivity index (χ3v) is 3.65. The van der Waals surface area contributed by atoms with Crippen LogP contribution in [-0.4, -0.2) is 38.6 Å². The molecule has 1 unspecified atom stereocenters. The van der Waals surface area contributed by atoms with Gasteiger partial charge in [0.15, 0.2) is 17.5 Å². The van der Waals surface area contributed by atoms with Gasteiger partial charge < -0.3 is 14.0 Å². The minimum atomic E-state index is -0.468. The van der Waals surface area contributed by atoms with E-state index < -0.39 is 11.2 Å². The maximum Gasteiger partial charge on any atom is 0.329 e. The first-order valence-electron chi connectivity index (χ1n) is 7.04. The van der Waals surface area contributed by atoms with Gasteiger partial charge >= 0.3 is 5.69 Å². The minimum absolute atomic E-state index is 0.156. The average Bonchev–Trinajstić information content (AvgIpc) is 2.91. The Bertz CT molecular complexity index is 739. The molecule has 3 rings (SSSR count). The van der Waals surface area contributed by atoms with Crippen LogP contribution in [0.5, 0.6) is 0 Å². The molecule has 0 aliphatic carbocycles. The number of rotatable bonds is 4. The minimum Gasteiger partial charge on any atom is -0.353 e. The lowest BCUT2D eigenvalue weighted by Crippen LogP contribution is -2.29. The summed E-state index contributed by atoms with van der Waals surface area (Å²) in [5, 5.41) is 0. The van der Waals surface area contributed by atoms with Crippen LogP contribution in [0.2, 0.25) is 0 Å². The molecular weight excluding hydrogens is 276 g/mol. The number of fused-ring (bicyclic) bond motifs is 1. The van der Waals surface area contributed by atoms with Crippen molar-refractivity contribution in [2.45, 2.75) is 32.1 Å². The number of nitrogens with one attached hydrogen (secondary N) is 1. The Hall–Kier alpha value is -1.93. The third kappa shape index (κ3) is 2.77. The second-order valence-electron chi connectivity index (χ2n) is 5.10. The van der Waals surface area contributed by atoms with Crippen molar-refractivity contribution in [3.05, 3.63) is 27.2 Å². The van der Waals surface area contributed by atoms with E-state index in [2.05, 4.69) is 9.97 Å². The molecule has 0 bridgehead atoms. The van der Waals surface area contributed by atoms with Crippen molar-refractivity contribution in [2.24, 2.45) is 7.05 Å². The van der Waals surface area contributed by atoms with E-state index in [1.807, 2.05) is 0 Å². The van der Waals surface area contributed by atoms with Crippen molar-refractivity contribution in [1.29, 1.82) is 0 Å². The topological polar surface area (TPSA) is 91.1 Å². The van der Waals surface area contributed by atoms with Crippen LogP contribution in [0, 0.1) is 0 Å². The van der Waals surface area contributed by atoms with Crippen molar-refractivity contribution in [3.63, 3.8) is 0 Å². The molecule has 8 heteroatoms. The molecule has 8 nitrogen and oxygen atoms in total. The number of hydrogen-bond donors (Lipinski definition) is 1. The Morgan fingerprint density at radius 1 is 1.48 bits per heavy atom. The molecule has 0 radical (unpaired) electrons. The Labute approximate surface area is 120 Å². The standard InChI is InChI=1S/C13H18N4O4/c1-16-11-10(12(18)15-13(16)19)17(8-14-11)5-7-21-9-4-2-3-6-20-9/h8-9H,2-7H2,1H3,(H,15,18,19). The molecule has 1 atom stereocenters. The van der Waals surface area contributed by atoms with Crippen molar-refractivity contribution in [2.75, 3.05) is 13.2 Å².